The second-order valence-corrected chi connectivity index (χ2v) is 5.41. The maximum Gasteiger partial charge on any atom is 0.187 e. The molecule has 0 bridgehead atoms. The average Bonchev–Trinajstić information content (AvgIpc) is 2.77. The standard InChI is InChI=1S/C14H15BrN2O/c1-9-4-5-10(2)13(6-9)14(18)11(3)17-8-12(15)7-16-17/h4-8,11H,1-3H3. The van der Waals surface area contributed by atoms with Gasteiger partial charge >= 0.3 is 0 Å². The van der Waals surface area contributed by atoms with Crippen molar-refractivity contribution in [1.29, 1.82) is 0 Å². The van der Waals surface area contributed by atoms with Gasteiger partial charge in [0.2, 0.25) is 0 Å². The Morgan fingerprint density at radius 1 is 1.39 bits per heavy atom. The fourth-order valence-corrected chi connectivity index (χ4v) is 2.17. The van der Waals surface area contributed by atoms with Gasteiger partial charge in [0.1, 0.15) is 6.04 Å². The molecule has 0 spiro atoms. The minimum absolute atomic E-state index is 0.0896. The lowest BCUT2D eigenvalue weighted by Gasteiger charge is -2.13. The van der Waals surface area contributed by atoms with E-state index in [1.54, 1.807) is 10.9 Å². The van der Waals surface area contributed by atoms with Gasteiger partial charge in [-0.25, -0.2) is 0 Å². The summed E-state index contributed by atoms with van der Waals surface area (Å²) in [6.07, 6.45) is 3.50. The van der Waals surface area contributed by atoms with Gasteiger partial charge < -0.3 is 0 Å². The first-order chi connectivity index (χ1) is 8.49. The number of nitrogens with zero attached hydrogens (tertiary/aromatic N) is 2. The summed E-state index contributed by atoms with van der Waals surface area (Å²) in [5.41, 5.74) is 2.87. The second kappa shape index (κ2) is 5.06. The third-order valence-electron chi connectivity index (χ3n) is 3.00. The van der Waals surface area contributed by atoms with Crippen molar-refractivity contribution >= 4 is 21.7 Å². The highest BCUT2D eigenvalue weighted by atomic mass is 79.9. The predicted molar refractivity (Wildman–Crippen MR) is 74.9 cm³/mol. The van der Waals surface area contributed by atoms with E-state index in [2.05, 4.69) is 21.0 Å². The zero-order valence-corrected chi connectivity index (χ0v) is 12.2. The Hall–Kier alpha value is -1.42. The van der Waals surface area contributed by atoms with Gasteiger partial charge in [-0.3, -0.25) is 9.48 Å². The fraction of sp³-hybridized carbons (Fsp3) is 0.286. The highest BCUT2D eigenvalue weighted by Crippen LogP contribution is 2.19. The molecule has 1 aromatic heterocycles. The molecule has 94 valence electrons. The number of ketones is 1. The van der Waals surface area contributed by atoms with Crippen LogP contribution in [0.15, 0.2) is 35.1 Å². The van der Waals surface area contributed by atoms with Crippen molar-refractivity contribution in [2.75, 3.05) is 0 Å². The zero-order chi connectivity index (χ0) is 13.3. The molecule has 4 heteroatoms. The van der Waals surface area contributed by atoms with Crippen LogP contribution in [0.3, 0.4) is 0 Å². The van der Waals surface area contributed by atoms with E-state index in [9.17, 15) is 4.79 Å². The largest absolute Gasteiger partial charge is 0.292 e. The summed E-state index contributed by atoms with van der Waals surface area (Å²) < 4.78 is 2.55. The maximum absolute atomic E-state index is 12.5. The minimum atomic E-state index is -0.295. The van der Waals surface area contributed by atoms with Crippen molar-refractivity contribution in [3.8, 4) is 0 Å². The smallest absolute Gasteiger partial charge is 0.187 e. The second-order valence-electron chi connectivity index (χ2n) is 4.50. The third-order valence-corrected chi connectivity index (χ3v) is 3.41. The van der Waals surface area contributed by atoms with E-state index >= 15 is 0 Å². The van der Waals surface area contributed by atoms with E-state index in [1.165, 1.54) is 0 Å². The van der Waals surface area contributed by atoms with Crippen molar-refractivity contribution in [2.45, 2.75) is 26.8 Å². The average molecular weight is 307 g/mol. The first-order valence-electron chi connectivity index (χ1n) is 5.80. The van der Waals surface area contributed by atoms with Crippen molar-refractivity contribution in [1.82, 2.24) is 9.78 Å². The molecule has 0 saturated carbocycles. The molecule has 2 rings (SSSR count). The van der Waals surface area contributed by atoms with E-state index < -0.39 is 0 Å². The SMILES string of the molecule is Cc1ccc(C)c(C(=O)C(C)n2cc(Br)cn2)c1. The lowest BCUT2D eigenvalue weighted by molar-refractivity contribution is 0.0927. The molecule has 0 fully saturated rings. The van der Waals surface area contributed by atoms with Gasteiger partial charge in [-0.1, -0.05) is 17.7 Å². The van der Waals surface area contributed by atoms with E-state index in [4.69, 9.17) is 0 Å². The number of Topliss-reactive ketones (excluding diaryl/α,β-unsaturated/α-hetero) is 1. The number of halogens is 1. The van der Waals surface area contributed by atoms with Gasteiger partial charge in [0.25, 0.3) is 0 Å². The first kappa shape index (κ1) is 13.0. The van der Waals surface area contributed by atoms with Gasteiger partial charge in [0.15, 0.2) is 5.78 Å². The summed E-state index contributed by atoms with van der Waals surface area (Å²) in [4.78, 5) is 12.5. The van der Waals surface area contributed by atoms with Crippen LogP contribution < -0.4 is 0 Å². The van der Waals surface area contributed by atoms with Crippen molar-refractivity contribution in [3.05, 3.63) is 51.8 Å². The molecule has 0 aliphatic carbocycles. The van der Waals surface area contributed by atoms with Crippen LogP contribution in [-0.4, -0.2) is 15.6 Å². The van der Waals surface area contributed by atoms with Crippen LogP contribution in [0.25, 0.3) is 0 Å². The normalized spacial score (nSPS) is 12.4. The molecule has 1 unspecified atom stereocenters. The molecule has 1 atom stereocenters. The van der Waals surface area contributed by atoms with Crippen LogP contribution in [0.1, 0.15) is 34.5 Å². The van der Waals surface area contributed by atoms with E-state index in [0.717, 1.165) is 21.2 Å². The number of benzene rings is 1. The summed E-state index contributed by atoms with van der Waals surface area (Å²) >= 11 is 3.34. The van der Waals surface area contributed by atoms with Crippen LogP contribution in [0.5, 0.6) is 0 Å². The van der Waals surface area contributed by atoms with Gasteiger partial charge in [-0.05, 0) is 48.3 Å². The number of carbonyl (C=O) groups excluding carboxylic acids is 1. The Kier molecular flexibility index (Phi) is 3.66. The molecule has 18 heavy (non-hydrogen) atoms. The fourth-order valence-electron chi connectivity index (χ4n) is 1.87. The van der Waals surface area contributed by atoms with Crippen molar-refractivity contribution in [2.24, 2.45) is 0 Å². The molecule has 0 amide bonds. The molecular formula is C14H15BrN2O. The maximum atomic E-state index is 12.5. The Labute approximate surface area is 115 Å². The molecule has 0 aliphatic rings. The van der Waals surface area contributed by atoms with Crippen LogP contribution >= 0.6 is 15.9 Å². The molecule has 0 saturated heterocycles. The van der Waals surface area contributed by atoms with Crippen LogP contribution in [-0.2, 0) is 0 Å². The summed E-state index contributed by atoms with van der Waals surface area (Å²) in [5, 5.41) is 4.16. The summed E-state index contributed by atoms with van der Waals surface area (Å²) in [6, 6.07) is 5.64. The molecule has 3 nitrogen and oxygen atoms in total. The van der Waals surface area contributed by atoms with Gasteiger partial charge in [0, 0.05) is 11.8 Å². The molecule has 0 N–H and O–H groups in total. The lowest BCUT2D eigenvalue weighted by Crippen LogP contribution is -2.18. The Morgan fingerprint density at radius 2 is 2.11 bits per heavy atom. The highest BCUT2D eigenvalue weighted by Gasteiger charge is 2.19. The minimum Gasteiger partial charge on any atom is -0.292 e. The number of aryl methyl sites for hydroxylation is 2. The molecule has 1 aromatic carbocycles. The zero-order valence-electron chi connectivity index (χ0n) is 10.6. The number of aromatic nitrogens is 2. The predicted octanol–water partition coefficient (Wildman–Crippen LogP) is 3.71. The highest BCUT2D eigenvalue weighted by molar-refractivity contribution is 9.10. The van der Waals surface area contributed by atoms with Crippen molar-refractivity contribution in [3.63, 3.8) is 0 Å². The third kappa shape index (κ3) is 2.53. The van der Waals surface area contributed by atoms with Gasteiger partial charge in [0.05, 0.1) is 10.7 Å². The quantitative estimate of drug-likeness (QED) is 0.810. The number of hydrogen-bond acceptors (Lipinski definition) is 2. The number of carbonyl (C=O) groups is 1. The van der Waals surface area contributed by atoms with Crippen LogP contribution in [0.4, 0.5) is 0 Å². The molecule has 0 radical (unpaired) electrons. The summed E-state index contributed by atoms with van der Waals surface area (Å²) in [7, 11) is 0. The Bertz CT molecular complexity index is 589. The van der Waals surface area contributed by atoms with Crippen LogP contribution in [0.2, 0.25) is 0 Å². The van der Waals surface area contributed by atoms with Gasteiger partial charge in [-0.2, -0.15) is 5.10 Å². The number of hydrogen-bond donors (Lipinski definition) is 0. The molecule has 0 aliphatic heterocycles. The number of rotatable bonds is 3. The summed E-state index contributed by atoms with van der Waals surface area (Å²) in [6.45, 7) is 5.81. The van der Waals surface area contributed by atoms with Gasteiger partial charge in [-0.15, -0.1) is 0 Å². The van der Waals surface area contributed by atoms with E-state index in [1.807, 2.05) is 45.2 Å². The lowest BCUT2D eigenvalue weighted by atomic mass is 9.98. The van der Waals surface area contributed by atoms with E-state index in [0.29, 0.717) is 0 Å². The molecular weight excluding hydrogens is 292 g/mol. The Morgan fingerprint density at radius 3 is 2.72 bits per heavy atom. The van der Waals surface area contributed by atoms with Crippen molar-refractivity contribution < 1.29 is 4.79 Å². The topological polar surface area (TPSA) is 34.9 Å². The van der Waals surface area contributed by atoms with Crippen LogP contribution in [0, 0.1) is 13.8 Å². The first-order valence-corrected chi connectivity index (χ1v) is 6.59. The summed E-state index contributed by atoms with van der Waals surface area (Å²) in [5.74, 6) is 0.0896. The molecule has 2 aromatic rings. The molecule has 1 heterocycles. The monoisotopic (exact) mass is 306 g/mol. The Balaban J connectivity index is 2.33. The van der Waals surface area contributed by atoms with E-state index in [-0.39, 0.29) is 11.8 Å².